The van der Waals surface area contributed by atoms with Gasteiger partial charge in [-0.15, -0.1) is 0 Å². The van der Waals surface area contributed by atoms with E-state index in [0.717, 1.165) is 58.5 Å². The van der Waals surface area contributed by atoms with Crippen molar-refractivity contribution in [3.8, 4) is 5.75 Å². The molecular weight excluding hydrogens is 302 g/mol. The highest BCUT2D eigenvalue weighted by Gasteiger charge is 2.31. The van der Waals surface area contributed by atoms with Crippen LogP contribution < -0.4 is 5.32 Å². The summed E-state index contributed by atoms with van der Waals surface area (Å²) in [4.78, 5) is 5.08. The minimum atomic E-state index is -0.136. The van der Waals surface area contributed by atoms with Crippen molar-refractivity contribution in [3.63, 3.8) is 0 Å². The Kier molecular flexibility index (Phi) is 6.11. The van der Waals surface area contributed by atoms with Gasteiger partial charge < -0.3 is 20.4 Å². The molecule has 5 nitrogen and oxygen atoms in total. The lowest BCUT2D eigenvalue weighted by atomic mass is 9.98. The second-order valence-electron chi connectivity index (χ2n) is 7.15. The number of phenolic OH excluding ortho intramolecular Hbond substituents is 1. The van der Waals surface area contributed by atoms with E-state index < -0.39 is 0 Å². The average molecular weight is 333 g/mol. The third kappa shape index (κ3) is 4.28. The fourth-order valence-corrected chi connectivity index (χ4v) is 4.05. The second-order valence-corrected chi connectivity index (χ2v) is 7.15. The summed E-state index contributed by atoms with van der Waals surface area (Å²) in [5.41, 5.74) is 1.20. The van der Waals surface area contributed by atoms with Gasteiger partial charge in [0.15, 0.2) is 0 Å². The summed E-state index contributed by atoms with van der Waals surface area (Å²) in [6.07, 6.45) is 2.72. The molecule has 0 spiro atoms. The SMILES string of the molecule is CCC1CNCCN1C(CN1CCC(O)CC1)c1cccc(O)c1. The van der Waals surface area contributed by atoms with Crippen molar-refractivity contribution in [1.82, 2.24) is 15.1 Å². The molecule has 2 heterocycles. The van der Waals surface area contributed by atoms with Gasteiger partial charge in [0.25, 0.3) is 0 Å². The van der Waals surface area contributed by atoms with E-state index in [0.29, 0.717) is 17.8 Å². The topological polar surface area (TPSA) is 59.0 Å². The Morgan fingerprint density at radius 2 is 2.04 bits per heavy atom. The molecule has 0 aliphatic carbocycles. The van der Waals surface area contributed by atoms with Gasteiger partial charge in [0.1, 0.15) is 5.75 Å². The summed E-state index contributed by atoms with van der Waals surface area (Å²) >= 11 is 0. The second kappa shape index (κ2) is 8.30. The van der Waals surface area contributed by atoms with Crippen molar-refractivity contribution in [2.45, 2.75) is 44.4 Å². The molecule has 24 heavy (non-hydrogen) atoms. The van der Waals surface area contributed by atoms with Crippen LogP contribution in [0.3, 0.4) is 0 Å². The molecule has 0 amide bonds. The first-order valence-electron chi connectivity index (χ1n) is 9.33. The minimum absolute atomic E-state index is 0.136. The normalized spacial score (nSPS) is 25.7. The molecule has 0 aromatic heterocycles. The maximum absolute atomic E-state index is 9.95. The van der Waals surface area contributed by atoms with Gasteiger partial charge in [-0.3, -0.25) is 4.90 Å². The molecule has 3 N–H and O–H groups in total. The molecular formula is C19H31N3O2. The first-order chi connectivity index (χ1) is 11.7. The Balaban J connectivity index is 1.80. The van der Waals surface area contributed by atoms with Crippen molar-refractivity contribution in [2.75, 3.05) is 39.3 Å². The predicted octanol–water partition coefficient (Wildman–Crippen LogP) is 1.57. The molecule has 2 aliphatic heterocycles. The van der Waals surface area contributed by atoms with Crippen molar-refractivity contribution >= 4 is 0 Å². The molecule has 2 unspecified atom stereocenters. The summed E-state index contributed by atoms with van der Waals surface area (Å²) in [6.45, 7) is 8.22. The summed E-state index contributed by atoms with van der Waals surface area (Å²) in [5.74, 6) is 0.342. The van der Waals surface area contributed by atoms with Gasteiger partial charge >= 0.3 is 0 Å². The van der Waals surface area contributed by atoms with Crippen LogP contribution in [0.15, 0.2) is 24.3 Å². The van der Waals surface area contributed by atoms with Gasteiger partial charge in [-0.25, -0.2) is 0 Å². The maximum atomic E-state index is 9.95. The lowest BCUT2D eigenvalue weighted by molar-refractivity contribution is 0.0417. The molecule has 1 aromatic rings. The molecule has 0 radical (unpaired) electrons. The zero-order chi connectivity index (χ0) is 16.9. The standard InChI is InChI=1S/C19H31N3O2/c1-2-16-13-20-8-11-22(16)19(15-4-3-5-18(24)12-15)14-21-9-6-17(23)7-10-21/h3-5,12,16-17,19-20,23-24H,2,6-11,13-14H2,1H3. The van der Waals surface area contributed by atoms with Crippen LogP contribution in [0.4, 0.5) is 0 Å². The number of aliphatic hydroxyl groups excluding tert-OH is 1. The molecule has 2 saturated heterocycles. The Labute approximate surface area is 145 Å². The molecule has 5 heteroatoms. The smallest absolute Gasteiger partial charge is 0.115 e. The Morgan fingerprint density at radius 1 is 1.25 bits per heavy atom. The molecule has 0 bridgehead atoms. The van der Waals surface area contributed by atoms with Gasteiger partial charge in [0, 0.05) is 51.4 Å². The zero-order valence-electron chi connectivity index (χ0n) is 14.7. The number of aliphatic hydroxyl groups is 1. The first-order valence-corrected chi connectivity index (χ1v) is 9.33. The molecule has 3 rings (SSSR count). The number of benzene rings is 1. The van der Waals surface area contributed by atoms with E-state index >= 15 is 0 Å². The van der Waals surface area contributed by atoms with Crippen molar-refractivity contribution in [3.05, 3.63) is 29.8 Å². The van der Waals surface area contributed by atoms with E-state index in [-0.39, 0.29) is 6.10 Å². The number of rotatable bonds is 5. The third-order valence-corrected chi connectivity index (χ3v) is 5.51. The highest BCUT2D eigenvalue weighted by atomic mass is 16.3. The van der Waals surface area contributed by atoms with E-state index in [1.165, 1.54) is 5.56 Å². The largest absolute Gasteiger partial charge is 0.508 e. The first kappa shape index (κ1) is 17.7. The van der Waals surface area contributed by atoms with Crippen LogP contribution in [0.1, 0.15) is 37.8 Å². The van der Waals surface area contributed by atoms with Crippen LogP contribution >= 0.6 is 0 Å². The van der Waals surface area contributed by atoms with E-state index in [9.17, 15) is 10.2 Å². The van der Waals surface area contributed by atoms with Crippen LogP contribution in [0.25, 0.3) is 0 Å². The summed E-state index contributed by atoms with van der Waals surface area (Å²) in [6, 6.07) is 8.56. The summed E-state index contributed by atoms with van der Waals surface area (Å²) < 4.78 is 0. The zero-order valence-corrected chi connectivity index (χ0v) is 14.7. The van der Waals surface area contributed by atoms with Gasteiger partial charge in [-0.05, 0) is 37.0 Å². The quantitative estimate of drug-likeness (QED) is 0.764. The van der Waals surface area contributed by atoms with Gasteiger partial charge in [-0.2, -0.15) is 0 Å². The fraction of sp³-hybridized carbons (Fsp3) is 0.684. The summed E-state index contributed by atoms with van der Waals surface area (Å²) in [5, 5.41) is 23.2. The molecule has 2 atom stereocenters. The highest BCUT2D eigenvalue weighted by Crippen LogP contribution is 2.29. The minimum Gasteiger partial charge on any atom is -0.508 e. The number of nitrogens with one attached hydrogen (secondary N) is 1. The Morgan fingerprint density at radius 3 is 2.75 bits per heavy atom. The predicted molar refractivity (Wildman–Crippen MR) is 96.2 cm³/mol. The highest BCUT2D eigenvalue weighted by molar-refractivity contribution is 5.30. The molecule has 2 aliphatic rings. The molecule has 2 fully saturated rings. The van der Waals surface area contributed by atoms with Gasteiger partial charge in [0.05, 0.1) is 6.10 Å². The number of aromatic hydroxyl groups is 1. The number of piperidine rings is 1. The van der Waals surface area contributed by atoms with E-state index in [1.807, 2.05) is 12.1 Å². The number of likely N-dealkylation sites (tertiary alicyclic amines) is 1. The number of phenols is 1. The van der Waals surface area contributed by atoms with Crippen LogP contribution in [0, 0.1) is 0 Å². The third-order valence-electron chi connectivity index (χ3n) is 5.51. The van der Waals surface area contributed by atoms with E-state index in [2.05, 4.69) is 28.1 Å². The van der Waals surface area contributed by atoms with Gasteiger partial charge in [0.2, 0.25) is 0 Å². The Bertz CT molecular complexity index is 517. The summed E-state index contributed by atoms with van der Waals surface area (Å²) in [7, 11) is 0. The maximum Gasteiger partial charge on any atom is 0.115 e. The number of hydrogen-bond acceptors (Lipinski definition) is 5. The number of hydrogen-bond donors (Lipinski definition) is 3. The van der Waals surface area contributed by atoms with E-state index in [4.69, 9.17) is 0 Å². The van der Waals surface area contributed by atoms with Gasteiger partial charge in [-0.1, -0.05) is 19.1 Å². The van der Waals surface area contributed by atoms with Crippen LogP contribution in [0.5, 0.6) is 5.75 Å². The van der Waals surface area contributed by atoms with Crippen LogP contribution in [-0.2, 0) is 0 Å². The molecule has 1 aromatic carbocycles. The molecule has 134 valence electrons. The lowest BCUT2D eigenvalue weighted by Gasteiger charge is -2.44. The number of piperazine rings is 1. The lowest BCUT2D eigenvalue weighted by Crippen LogP contribution is -2.54. The van der Waals surface area contributed by atoms with Crippen molar-refractivity contribution < 1.29 is 10.2 Å². The van der Waals surface area contributed by atoms with Crippen LogP contribution in [-0.4, -0.2) is 71.4 Å². The van der Waals surface area contributed by atoms with Crippen molar-refractivity contribution in [1.29, 1.82) is 0 Å². The van der Waals surface area contributed by atoms with Crippen molar-refractivity contribution in [2.24, 2.45) is 0 Å². The van der Waals surface area contributed by atoms with Crippen LogP contribution in [0.2, 0.25) is 0 Å². The monoisotopic (exact) mass is 333 g/mol. The fourth-order valence-electron chi connectivity index (χ4n) is 4.05. The Hall–Kier alpha value is -1.14. The molecule has 0 saturated carbocycles. The number of nitrogens with zero attached hydrogens (tertiary/aromatic N) is 2. The van der Waals surface area contributed by atoms with E-state index in [1.54, 1.807) is 6.07 Å². The average Bonchev–Trinajstić information content (AvgIpc) is 2.61.